The number of aliphatic hydroxyl groups excluding tert-OH is 1. The minimum Gasteiger partial charge on any atom is -0.393 e. The molecule has 2 heteroatoms. The van der Waals surface area contributed by atoms with Crippen LogP contribution >= 0.6 is 0 Å². The van der Waals surface area contributed by atoms with Crippen LogP contribution in [0.5, 0.6) is 0 Å². The summed E-state index contributed by atoms with van der Waals surface area (Å²) in [4.78, 5) is 0. The van der Waals surface area contributed by atoms with Crippen LogP contribution in [-0.2, 0) is 0 Å². The van der Waals surface area contributed by atoms with Crippen molar-refractivity contribution < 1.29 is 5.11 Å². The molecule has 0 aliphatic carbocycles. The normalized spacial score (nSPS) is 38.0. The van der Waals surface area contributed by atoms with Gasteiger partial charge in [0.15, 0.2) is 0 Å². The summed E-state index contributed by atoms with van der Waals surface area (Å²) in [6.07, 6.45) is 2.94. The Morgan fingerprint density at radius 2 is 2.33 bits per heavy atom. The first-order chi connectivity index (χ1) is 4.29. The monoisotopic (exact) mass is 129 g/mol. The van der Waals surface area contributed by atoms with Crippen molar-refractivity contribution in [3.63, 3.8) is 0 Å². The molecule has 1 aliphatic heterocycles. The molecule has 2 nitrogen and oxygen atoms in total. The van der Waals surface area contributed by atoms with Gasteiger partial charge in [-0.3, -0.25) is 0 Å². The molecule has 1 aliphatic rings. The molecule has 2 atom stereocenters. The summed E-state index contributed by atoms with van der Waals surface area (Å²) < 4.78 is 0. The van der Waals surface area contributed by atoms with Gasteiger partial charge in [-0.2, -0.15) is 0 Å². The summed E-state index contributed by atoms with van der Waals surface area (Å²) in [7, 11) is 0. The van der Waals surface area contributed by atoms with Gasteiger partial charge in [0.1, 0.15) is 0 Å². The Balaban J connectivity index is 2.29. The van der Waals surface area contributed by atoms with E-state index < -0.39 is 0 Å². The fourth-order valence-corrected chi connectivity index (χ4v) is 1.30. The highest BCUT2D eigenvalue weighted by Crippen LogP contribution is 2.08. The van der Waals surface area contributed by atoms with E-state index in [0.29, 0.717) is 6.04 Å². The molecule has 1 saturated heterocycles. The van der Waals surface area contributed by atoms with Crippen molar-refractivity contribution in [3.8, 4) is 0 Å². The minimum atomic E-state index is -0.0602. The lowest BCUT2D eigenvalue weighted by Crippen LogP contribution is -2.26. The molecule has 0 radical (unpaired) electrons. The molecule has 0 bridgehead atoms. The molecule has 1 heterocycles. The van der Waals surface area contributed by atoms with Gasteiger partial charge >= 0.3 is 0 Å². The van der Waals surface area contributed by atoms with Crippen LogP contribution < -0.4 is 5.32 Å². The third-order valence-corrected chi connectivity index (χ3v) is 1.83. The largest absolute Gasteiger partial charge is 0.393 e. The van der Waals surface area contributed by atoms with Crippen LogP contribution in [0.4, 0.5) is 0 Å². The molecular formula is C7H15NO. The van der Waals surface area contributed by atoms with Gasteiger partial charge in [0, 0.05) is 6.04 Å². The van der Waals surface area contributed by atoms with Crippen LogP contribution in [0.2, 0.25) is 0 Å². The second-order valence-corrected chi connectivity index (χ2v) is 2.89. The highest BCUT2D eigenvalue weighted by Gasteiger charge is 2.12. The summed E-state index contributed by atoms with van der Waals surface area (Å²) in [5.74, 6) is 0. The molecule has 2 unspecified atom stereocenters. The van der Waals surface area contributed by atoms with Gasteiger partial charge in [-0.1, -0.05) is 0 Å². The average Bonchev–Trinajstić information content (AvgIpc) is 1.93. The van der Waals surface area contributed by atoms with Gasteiger partial charge in [0.05, 0.1) is 6.10 Å². The van der Waals surface area contributed by atoms with Crippen molar-refractivity contribution in [1.29, 1.82) is 0 Å². The van der Waals surface area contributed by atoms with E-state index in [1.54, 1.807) is 0 Å². The quantitative estimate of drug-likeness (QED) is 0.499. The van der Waals surface area contributed by atoms with E-state index in [4.69, 9.17) is 0 Å². The Hall–Kier alpha value is -0.0800. The van der Waals surface area contributed by atoms with Gasteiger partial charge in [-0.05, 0) is 32.7 Å². The lowest BCUT2D eigenvalue weighted by Gasteiger charge is -2.10. The summed E-state index contributed by atoms with van der Waals surface area (Å²) >= 11 is 0. The standard InChI is InChI=1S/C7H15NO/c1-6-5-7(9)3-2-4-8-6/h6-9H,2-5H2,1H3. The zero-order valence-electron chi connectivity index (χ0n) is 5.93. The third kappa shape index (κ3) is 2.33. The highest BCUT2D eigenvalue weighted by molar-refractivity contribution is 4.71. The Morgan fingerprint density at radius 1 is 1.56 bits per heavy atom. The van der Waals surface area contributed by atoms with Crippen molar-refractivity contribution in [2.24, 2.45) is 0 Å². The van der Waals surface area contributed by atoms with Gasteiger partial charge in [0.2, 0.25) is 0 Å². The summed E-state index contributed by atoms with van der Waals surface area (Å²) in [5, 5.41) is 12.5. The van der Waals surface area contributed by atoms with Gasteiger partial charge in [-0.25, -0.2) is 0 Å². The molecule has 0 saturated carbocycles. The van der Waals surface area contributed by atoms with Crippen LogP contribution in [0.25, 0.3) is 0 Å². The maximum atomic E-state index is 9.22. The summed E-state index contributed by atoms with van der Waals surface area (Å²) in [5.41, 5.74) is 0. The molecule has 9 heavy (non-hydrogen) atoms. The Kier molecular flexibility index (Phi) is 2.49. The second kappa shape index (κ2) is 3.18. The highest BCUT2D eigenvalue weighted by atomic mass is 16.3. The third-order valence-electron chi connectivity index (χ3n) is 1.83. The average molecular weight is 129 g/mol. The first kappa shape index (κ1) is 7.03. The molecule has 2 N–H and O–H groups in total. The van der Waals surface area contributed by atoms with Crippen LogP contribution in [0, 0.1) is 0 Å². The van der Waals surface area contributed by atoms with E-state index in [0.717, 1.165) is 25.8 Å². The minimum absolute atomic E-state index is 0.0602. The number of aliphatic hydroxyl groups is 1. The van der Waals surface area contributed by atoms with Crippen LogP contribution in [-0.4, -0.2) is 23.8 Å². The summed E-state index contributed by atoms with van der Waals surface area (Å²) in [6.45, 7) is 3.19. The first-order valence-electron chi connectivity index (χ1n) is 3.70. The number of hydrogen-bond donors (Lipinski definition) is 2. The molecule has 1 rings (SSSR count). The lowest BCUT2D eigenvalue weighted by atomic mass is 10.1. The Bertz CT molecular complexity index is 75.0. The van der Waals surface area contributed by atoms with Crippen molar-refractivity contribution >= 4 is 0 Å². The molecule has 0 aromatic carbocycles. The zero-order valence-corrected chi connectivity index (χ0v) is 5.93. The maximum Gasteiger partial charge on any atom is 0.0555 e. The van der Waals surface area contributed by atoms with Crippen molar-refractivity contribution in [2.75, 3.05) is 6.54 Å². The number of rotatable bonds is 0. The van der Waals surface area contributed by atoms with E-state index in [9.17, 15) is 5.11 Å². The summed E-state index contributed by atoms with van der Waals surface area (Å²) in [6, 6.07) is 0.502. The molecule has 54 valence electrons. The van der Waals surface area contributed by atoms with Crippen LogP contribution in [0.3, 0.4) is 0 Å². The zero-order chi connectivity index (χ0) is 6.69. The molecule has 1 fully saturated rings. The Labute approximate surface area is 56.3 Å². The molecule has 0 aromatic heterocycles. The van der Waals surface area contributed by atoms with Crippen LogP contribution in [0.1, 0.15) is 26.2 Å². The van der Waals surface area contributed by atoms with Gasteiger partial charge in [-0.15, -0.1) is 0 Å². The van der Waals surface area contributed by atoms with E-state index in [2.05, 4.69) is 12.2 Å². The Morgan fingerprint density at radius 3 is 3.11 bits per heavy atom. The van der Waals surface area contributed by atoms with Crippen molar-refractivity contribution in [2.45, 2.75) is 38.3 Å². The van der Waals surface area contributed by atoms with E-state index >= 15 is 0 Å². The van der Waals surface area contributed by atoms with Gasteiger partial charge in [0.25, 0.3) is 0 Å². The van der Waals surface area contributed by atoms with Gasteiger partial charge < -0.3 is 10.4 Å². The first-order valence-corrected chi connectivity index (χ1v) is 3.70. The maximum absolute atomic E-state index is 9.22. The van der Waals surface area contributed by atoms with Crippen molar-refractivity contribution in [3.05, 3.63) is 0 Å². The predicted octanol–water partition coefficient (Wildman–Crippen LogP) is 0.509. The number of hydrogen-bond acceptors (Lipinski definition) is 2. The van der Waals surface area contributed by atoms with Crippen LogP contribution in [0.15, 0.2) is 0 Å². The topological polar surface area (TPSA) is 32.3 Å². The molecular weight excluding hydrogens is 114 g/mol. The lowest BCUT2D eigenvalue weighted by molar-refractivity contribution is 0.152. The fourth-order valence-electron chi connectivity index (χ4n) is 1.30. The van der Waals surface area contributed by atoms with E-state index in [1.165, 1.54) is 0 Å². The molecule has 0 aromatic rings. The predicted molar refractivity (Wildman–Crippen MR) is 37.3 cm³/mol. The number of nitrogens with one attached hydrogen (secondary N) is 1. The SMILES string of the molecule is CC1CC(O)CCCN1. The van der Waals surface area contributed by atoms with E-state index in [-0.39, 0.29) is 6.10 Å². The van der Waals surface area contributed by atoms with E-state index in [1.807, 2.05) is 0 Å². The van der Waals surface area contributed by atoms with Crippen molar-refractivity contribution in [1.82, 2.24) is 5.32 Å². The smallest absolute Gasteiger partial charge is 0.0555 e. The molecule has 0 spiro atoms. The molecule has 0 amide bonds. The second-order valence-electron chi connectivity index (χ2n) is 2.89. The fraction of sp³-hybridized carbons (Fsp3) is 1.00.